The Balaban J connectivity index is 2.43. The van der Waals surface area contributed by atoms with Gasteiger partial charge in [-0.1, -0.05) is 19.1 Å². The molecular formula is C18H22NO4P. The maximum Gasteiger partial charge on any atom is 0.378 e. The standard InChI is InChI=1S/C18H22NO4P/c1-4-22-24(20,5-2)23-18(16-9-7-11-19-14-16)13-15-8-6-10-17(12-15)21-3/h6-14H,4-5H2,1-3H3/b18-13+. The molecule has 0 N–H and O–H groups in total. The molecule has 2 aromatic rings. The second kappa shape index (κ2) is 8.67. The fraction of sp³-hybridized carbons (Fsp3) is 0.278. The summed E-state index contributed by atoms with van der Waals surface area (Å²) < 4.78 is 29.2. The third-order valence-electron chi connectivity index (χ3n) is 3.29. The maximum absolute atomic E-state index is 12.7. The summed E-state index contributed by atoms with van der Waals surface area (Å²) in [5.74, 6) is 1.19. The molecule has 0 aliphatic rings. The highest BCUT2D eigenvalue weighted by Crippen LogP contribution is 2.51. The van der Waals surface area contributed by atoms with Crippen molar-refractivity contribution in [1.29, 1.82) is 0 Å². The van der Waals surface area contributed by atoms with Crippen LogP contribution in [0.25, 0.3) is 11.8 Å². The molecule has 6 heteroatoms. The Bertz CT molecular complexity index is 731. The number of rotatable bonds is 8. The predicted molar refractivity (Wildman–Crippen MR) is 96.0 cm³/mol. The highest BCUT2D eigenvalue weighted by Gasteiger charge is 2.24. The van der Waals surface area contributed by atoms with E-state index in [1.165, 1.54) is 0 Å². The van der Waals surface area contributed by atoms with Crippen molar-refractivity contribution in [2.75, 3.05) is 19.9 Å². The van der Waals surface area contributed by atoms with Crippen LogP contribution in [0.1, 0.15) is 25.0 Å². The second-order valence-electron chi connectivity index (χ2n) is 4.96. The molecule has 0 fully saturated rings. The quantitative estimate of drug-likeness (QED) is 0.504. The molecule has 2 rings (SSSR count). The third kappa shape index (κ3) is 4.95. The van der Waals surface area contributed by atoms with Crippen LogP contribution in [0.15, 0.2) is 48.8 Å². The number of ether oxygens (including phenoxy) is 1. The van der Waals surface area contributed by atoms with Crippen molar-refractivity contribution in [2.24, 2.45) is 0 Å². The summed E-state index contributed by atoms with van der Waals surface area (Å²) in [5.41, 5.74) is 1.60. The first-order valence-corrected chi connectivity index (χ1v) is 9.52. The van der Waals surface area contributed by atoms with Crippen LogP contribution in [0.3, 0.4) is 0 Å². The zero-order valence-electron chi connectivity index (χ0n) is 14.1. The lowest BCUT2D eigenvalue weighted by Gasteiger charge is -2.19. The largest absolute Gasteiger partial charge is 0.497 e. The van der Waals surface area contributed by atoms with E-state index in [2.05, 4.69) is 4.98 Å². The Labute approximate surface area is 142 Å². The van der Waals surface area contributed by atoms with Gasteiger partial charge in [0.1, 0.15) is 11.5 Å². The summed E-state index contributed by atoms with van der Waals surface area (Å²) in [4.78, 5) is 4.11. The lowest BCUT2D eigenvalue weighted by Crippen LogP contribution is -1.99. The van der Waals surface area contributed by atoms with Crippen molar-refractivity contribution in [3.05, 3.63) is 59.9 Å². The van der Waals surface area contributed by atoms with E-state index in [1.54, 1.807) is 45.5 Å². The van der Waals surface area contributed by atoms with Gasteiger partial charge in [0.2, 0.25) is 0 Å². The van der Waals surface area contributed by atoms with Crippen LogP contribution >= 0.6 is 7.60 Å². The van der Waals surface area contributed by atoms with E-state index >= 15 is 0 Å². The number of benzene rings is 1. The first-order chi connectivity index (χ1) is 11.6. The van der Waals surface area contributed by atoms with Crippen LogP contribution in [0.4, 0.5) is 0 Å². The zero-order valence-corrected chi connectivity index (χ0v) is 15.0. The maximum atomic E-state index is 12.7. The second-order valence-corrected chi connectivity index (χ2v) is 7.26. The molecule has 24 heavy (non-hydrogen) atoms. The fourth-order valence-corrected chi connectivity index (χ4v) is 3.30. The molecular weight excluding hydrogens is 325 g/mol. The topological polar surface area (TPSA) is 57.7 Å². The number of hydrogen-bond donors (Lipinski definition) is 0. The smallest absolute Gasteiger partial charge is 0.378 e. The van der Waals surface area contributed by atoms with Gasteiger partial charge in [-0.25, -0.2) is 4.57 Å². The van der Waals surface area contributed by atoms with E-state index in [0.717, 1.165) is 16.9 Å². The van der Waals surface area contributed by atoms with Gasteiger partial charge in [0.15, 0.2) is 0 Å². The molecule has 5 nitrogen and oxygen atoms in total. The molecule has 128 valence electrons. The number of methoxy groups -OCH3 is 1. The van der Waals surface area contributed by atoms with Crippen molar-refractivity contribution >= 4 is 19.4 Å². The summed E-state index contributed by atoms with van der Waals surface area (Å²) >= 11 is 0. The minimum Gasteiger partial charge on any atom is -0.497 e. The van der Waals surface area contributed by atoms with E-state index in [0.29, 0.717) is 12.4 Å². The molecule has 0 aliphatic heterocycles. The predicted octanol–water partition coefficient (Wildman–Crippen LogP) is 4.85. The summed E-state index contributed by atoms with van der Waals surface area (Å²) in [7, 11) is -1.59. The molecule has 0 saturated heterocycles. The molecule has 1 unspecified atom stereocenters. The summed E-state index contributed by atoms with van der Waals surface area (Å²) in [5, 5.41) is 0. The summed E-state index contributed by atoms with van der Waals surface area (Å²) in [6.45, 7) is 3.90. The van der Waals surface area contributed by atoms with Gasteiger partial charge in [0.25, 0.3) is 0 Å². The normalized spacial score (nSPS) is 14.0. The number of hydrogen-bond acceptors (Lipinski definition) is 5. The average Bonchev–Trinajstić information content (AvgIpc) is 2.62. The molecule has 1 atom stereocenters. The molecule has 1 aromatic heterocycles. The minimum absolute atomic E-state index is 0.288. The van der Waals surface area contributed by atoms with Crippen molar-refractivity contribution < 1.29 is 18.3 Å². The molecule has 0 amide bonds. The summed E-state index contributed by atoms with van der Waals surface area (Å²) in [6.07, 6.45) is 5.43. The number of pyridine rings is 1. The van der Waals surface area contributed by atoms with E-state index < -0.39 is 7.60 Å². The lowest BCUT2D eigenvalue weighted by molar-refractivity contribution is 0.271. The van der Waals surface area contributed by atoms with E-state index in [9.17, 15) is 4.57 Å². The van der Waals surface area contributed by atoms with Crippen LogP contribution in [-0.4, -0.2) is 24.9 Å². The van der Waals surface area contributed by atoms with Gasteiger partial charge in [0, 0.05) is 18.0 Å². The van der Waals surface area contributed by atoms with Crippen LogP contribution in [0, 0.1) is 0 Å². The van der Waals surface area contributed by atoms with Crippen LogP contribution in [0.5, 0.6) is 5.75 Å². The van der Waals surface area contributed by atoms with E-state index in [1.807, 2.05) is 30.3 Å². The van der Waals surface area contributed by atoms with Crippen molar-refractivity contribution in [2.45, 2.75) is 13.8 Å². The van der Waals surface area contributed by atoms with Gasteiger partial charge in [-0.2, -0.15) is 0 Å². The molecule has 0 spiro atoms. The minimum atomic E-state index is -3.20. The van der Waals surface area contributed by atoms with E-state index in [4.69, 9.17) is 13.8 Å². The van der Waals surface area contributed by atoms with Gasteiger partial charge in [-0.05, 0) is 42.8 Å². The first-order valence-electron chi connectivity index (χ1n) is 7.79. The fourth-order valence-electron chi connectivity index (χ4n) is 2.08. The van der Waals surface area contributed by atoms with Crippen LogP contribution in [0.2, 0.25) is 0 Å². The van der Waals surface area contributed by atoms with Gasteiger partial charge in [-0.3, -0.25) is 4.98 Å². The van der Waals surface area contributed by atoms with E-state index in [-0.39, 0.29) is 6.16 Å². The Morgan fingerprint density at radius 1 is 1.25 bits per heavy atom. The monoisotopic (exact) mass is 347 g/mol. The van der Waals surface area contributed by atoms with Crippen molar-refractivity contribution in [3.8, 4) is 5.75 Å². The van der Waals surface area contributed by atoms with Gasteiger partial charge < -0.3 is 13.8 Å². The Hall–Kier alpha value is -2.10. The third-order valence-corrected chi connectivity index (χ3v) is 5.19. The molecule has 0 aliphatic carbocycles. The molecule has 0 radical (unpaired) electrons. The Morgan fingerprint density at radius 3 is 2.71 bits per heavy atom. The highest BCUT2D eigenvalue weighted by molar-refractivity contribution is 7.54. The molecule has 1 aromatic carbocycles. The van der Waals surface area contributed by atoms with Crippen molar-refractivity contribution in [1.82, 2.24) is 4.98 Å². The Kier molecular flexibility index (Phi) is 6.59. The molecule has 0 saturated carbocycles. The van der Waals surface area contributed by atoms with Gasteiger partial charge >= 0.3 is 7.60 Å². The first kappa shape index (κ1) is 18.2. The zero-order chi connectivity index (χ0) is 17.4. The van der Waals surface area contributed by atoms with Crippen LogP contribution in [-0.2, 0) is 13.6 Å². The Morgan fingerprint density at radius 2 is 2.08 bits per heavy atom. The highest BCUT2D eigenvalue weighted by atomic mass is 31.2. The number of aromatic nitrogens is 1. The molecule has 0 bridgehead atoms. The van der Waals surface area contributed by atoms with Crippen LogP contribution < -0.4 is 4.74 Å². The lowest BCUT2D eigenvalue weighted by atomic mass is 10.1. The van der Waals surface area contributed by atoms with Crippen molar-refractivity contribution in [3.63, 3.8) is 0 Å². The summed E-state index contributed by atoms with van der Waals surface area (Å²) in [6, 6.07) is 11.2. The number of nitrogens with zero attached hydrogens (tertiary/aromatic N) is 1. The van der Waals surface area contributed by atoms with Gasteiger partial charge in [0.05, 0.1) is 19.9 Å². The van der Waals surface area contributed by atoms with Gasteiger partial charge in [-0.15, -0.1) is 0 Å². The SMILES string of the molecule is CCOP(=O)(CC)O/C(=C/c1cccc(OC)c1)c1cccnc1. The molecule has 1 heterocycles. The average molecular weight is 347 g/mol.